The lowest BCUT2D eigenvalue weighted by molar-refractivity contribution is 0.600. The van der Waals surface area contributed by atoms with Gasteiger partial charge in [-0.25, -0.2) is 8.42 Å². The summed E-state index contributed by atoms with van der Waals surface area (Å²) in [6, 6.07) is 10.3. The number of hydrogen-bond donors (Lipinski definition) is 1. The Morgan fingerprint density at radius 3 is 2.40 bits per heavy atom. The zero-order valence-corrected chi connectivity index (χ0v) is 15.9. The van der Waals surface area contributed by atoms with E-state index < -0.39 is 10.0 Å². The summed E-state index contributed by atoms with van der Waals surface area (Å²) in [6.07, 6.45) is 0. The average Bonchev–Trinajstić information content (AvgIpc) is 2.34. The van der Waals surface area contributed by atoms with Crippen LogP contribution in [0.5, 0.6) is 0 Å². The number of aryl methyl sites for hydroxylation is 1. The molecule has 0 atom stereocenters. The smallest absolute Gasteiger partial charge is 0.263 e. The molecule has 0 amide bonds. The topological polar surface area (TPSA) is 46.2 Å². The molecular formula is C13H10Br3NO2S. The van der Waals surface area contributed by atoms with Crippen molar-refractivity contribution in [3.8, 4) is 0 Å². The van der Waals surface area contributed by atoms with Crippen LogP contribution in [0.15, 0.2) is 54.7 Å². The number of sulfonamides is 1. The highest BCUT2D eigenvalue weighted by molar-refractivity contribution is 9.11. The molecule has 0 bridgehead atoms. The van der Waals surface area contributed by atoms with Gasteiger partial charge in [0.25, 0.3) is 10.0 Å². The van der Waals surface area contributed by atoms with E-state index in [2.05, 4.69) is 52.5 Å². The fraction of sp³-hybridized carbons (Fsp3) is 0.0769. The minimum atomic E-state index is -3.65. The molecule has 1 N–H and O–H groups in total. The normalized spacial score (nSPS) is 11.4. The van der Waals surface area contributed by atoms with Crippen LogP contribution in [0.1, 0.15) is 5.56 Å². The van der Waals surface area contributed by atoms with E-state index in [-0.39, 0.29) is 4.90 Å². The summed E-state index contributed by atoms with van der Waals surface area (Å²) in [5, 5.41) is 0. The molecule has 0 radical (unpaired) electrons. The highest BCUT2D eigenvalue weighted by atomic mass is 79.9. The van der Waals surface area contributed by atoms with Crippen LogP contribution in [-0.2, 0) is 10.0 Å². The van der Waals surface area contributed by atoms with Crippen LogP contribution < -0.4 is 4.72 Å². The Balaban J connectivity index is 2.44. The standard InChI is InChI=1S/C13H10Br3NO2S/c1-8-3-2-4-11(13(8)16)17-20(18,19)12-6-5-9(14)7-10(12)15/h2-7,17H,1H3. The molecule has 7 heteroatoms. The van der Waals surface area contributed by atoms with Crippen LogP contribution in [0.4, 0.5) is 5.69 Å². The van der Waals surface area contributed by atoms with Crippen molar-refractivity contribution in [1.29, 1.82) is 0 Å². The van der Waals surface area contributed by atoms with Crippen molar-refractivity contribution >= 4 is 63.5 Å². The predicted molar refractivity (Wildman–Crippen MR) is 91.5 cm³/mol. The van der Waals surface area contributed by atoms with E-state index in [0.717, 1.165) is 14.5 Å². The lowest BCUT2D eigenvalue weighted by atomic mass is 10.2. The first-order valence-electron chi connectivity index (χ1n) is 5.54. The number of nitrogens with one attached hydrogen (secondary N) is 1. The molecule has 0 unspecified atom stereocenters. The third-order valence-corrected chi connectivity index (χ3v) is 6.51. The SMILES string of the molecule is Cc1cccc(NS(=O)(=O)c2ccc(Br)cc2Br)c1Br. The minimum absolute atomic E-state index is 0.189. The van der Waals surface area contributed by atoms with Gasteiger partial charge in [-0.3, -0.25) is 4.72 Å². The van der Waals surface area contributed by atoms with Gasteiger partial charge in [0, 0.05) is 13.4 Å². The summed E-state index contributed by atoms with van der Waals surface area (Å²) in [4.78, 5) is 0.189. The zero-order valence-electron chi connectivity index (χ0n) is 10.3. The first-order chi connectivity index (χ1) is 9.31. The second-order valence-corrected chi connectivity index (χ2v) is 8.33. The van der Waals surface area contributed by atoms with Crippen LogP contribution in [-0.4, -0.2) is 8.42 Å². The Kier molecular flexibility index (Phi) is 4.94. The lowest BCUT2D eigenvalue weighted by Crippen LogP contribution is -2.14. The molecule has 0 aliphatic rings. The van der Waals surface area contributed by atoms with Gasteiger partial charge in [0.1, 0.15) is 4.90 Å². The molecule has 3 nitrogen and oxygen atoms in total. The van der Waals surface area contributed by atoms with Crippen LogP contribution in [0.3, 0.4) is 0 Å². The summed E-state index contributed by atoms with van der Waals surface area (Å²) in [5.41, 5.74) is 1.47. The molecular weight excluding hydrogens is 474 g/mol. The second kappa shape index (κ2) is 6.17. The highest BCUT2D eigenvalue weighted by Crippen LogP contribution is 2.31. The van der Waals surface area contributed by atoms with E-state index >= 15 is 0 Å². The van der Waals surface area contributed by atoms with Gasteiger partial charge in [-0.2, -0.15) is 0 Å². The van der Waals surface area contributed by atoms with E-state index in [4.69, 9.17) is 0 Å². The number of anilines is 1. The van der Waals surface area contributed by atoms with Gasteiger partial charge >= 0.3 is 0 Å². The highest BCUT2D eigenvalue weighted by Gasteiger charge is 2.19. The van der Waals surface area contributed by atoms with Crippen molar-refractivity contribution in [2.75, 3.05) is 4.72 Å². The van der Waals surface area contributed by atoms with Gasteiger partial charge < -0.3 is 0 Å². The summed E-state index contributed by atoms with van der Waals surface area (Å²) in [5.74, 6) is 0. The maximum Gasteiger partial charge on any atom is 0.263 e. The number of rotatable bonds is 3. The lowest BCUT2D eigenvalue weighted by Gasteiger charge is -2.12. The number of hydrogen-bond acceptors (Lipinski definition) is 2. The molecule has 0 aliphatic carbocycles. The van der Waals surface area contributed by atoms with E-state index in [9.17, 15) is 8.42 Å². The third kappa shape index (κ3) is 3.44. The summed E-state index contributed by atoms with van der Waals surface area (Å²) < 4.78 is 29.5. The second-order valence-electron chi connectivity index (χ2n) is 4.12. The van der Waals surface area contributed by atoms with Crippen molar-refractivity contribution in [2.45, 2.75) is 11.8 Å². The Morgan fingerprint density at radius 1 is 1.05 bits per heavy atom. The summed E-state index contributed by atoms with van der Waals surface area (Å²) in [6.45, 7) is 1.90. The van der Waals surface area contributed by atoms with E-state index in [1.165, 1.54) is 0 Å². The third-order valence-electron chi connectivity index (χ3n) is 2.62. The van der Waals surface area contributed by atoms with Crippen LogP contribution in [0.2, 0.25) is 0 Å². The van der Waals surface area contributed by atoms with E-state index in [1.54, 1.807) is 30.3 Å². The predicted octanol–water partition coefficient (Wildman–Crippen LogP) is 5.08. The summed E-state index contributed by atoms with van der Waals surface area (Å²) in [7, 11) is -3.65. The van der Waals surface area contributed by atoms with Crippen molar-refractivity contribution in [3.05, 3.63) is 55.4 Å². The van der Waals surface area contributed by atoms with Gasteiger partial charge in [0.15, 0.2) is 0 Å². The molecule has 0 saturated heterocycles. The molecule has 0 fully saturated rings. The maximum absolute atomic E-state index is 12.4. The molecule has 0 aromatic heterocycles. The van der Waals surface area contributed by atoms with Crippen molar-refractivity contribution in [3.63, 3.8) is 0 Å². The Morgan fingerprint density at radius 2 is 1.75 bits per heavy atom. The van der Waals surface area contributed by atoms with Crippen molar-refractivity contribution in [2.24, 2.45) is 0 Å². The van der Waals surface area contributed by atoms with E-state index in [1.807, 2.05) is 13.0 Å². The average molecular weight is 484 g/mol. The van der Waals surface area contributed by atoms with Crippen LogP contribution >= 0.6 is 47.8 Å². The van der Waals surface area contributed by atoms with E-state index in [0.29, 0.717) is 10.2 Å². The van der Waals surface area contributed by atoms with Crippen LogP contribution in [0, 0.1) is 6.92 Å². The Hall–Kier alpha value is -0.370. The maximum atomic E-state index is 12.4. The molecule has 2 rings (SSSR count). The molecule has 0 saturated carbocycles. The van der Waals surface area contributed by atoms with Crippen molar-refractivity contribution < 1.29 is 8.42 Å². The fourth-order valence-corrected chi connectivity index (χ4v) is 4.93. The largest absolute Gasteiger partial charge is 0.278 e. The number of benzene rings is 2. The van der Waals surface area contributed by atoms with Crippen LogP contribution in [0.25, 0.3) is 0 Å². The quantitative estimate of drug-likeness (QED) is 0.661. The van der Waals surface area contributed by atoms with Gasteiger partial charge in [-0.05, 0) is 68.6 Å². The summed E-state index contributed by atoms with van der Waals surface area (Å²) >= 11 is 9.96. The Bertz CT molecular complexity index is 760. The van der Waals surface area contributed by atoms with Gasteiger partial charge in [0.05, 0.1) is 5.69 Å². The fourth-order valence-electron chi connectivity index (χ4n) is 1.62. The molecule has 2 aromatic rings. The van der Waals surface area contributed by atoms with Gasteiger partial charge in [-0.1, -0.05) is 28.1 Å². The molecule has 106 valence electrons. The minimum Gasteiger partial charge on any atom is -0.278 e. The molecule has 0 spiro atoms. The molecule has 2 aromatic carbocycles. The molecule has 0 heterocycles. The Labute approximate surface area is 143 Å². The monoisotopic (exact) mass is 481 g/mol. The van der Waals surface area contributed by atoms with Gasteiger partial charge in [0.2, 0.25) is 0 Å². The zero-order chi connectivity index (χ0) is 14.9. The number of halogens is 3. The van der Waals surface area contributed by atoms with Crippen molar-refractivity contribution in [1.82, 2.24) is 0 Å². The molecule has 20 heavy (non-hydrogen) atoms. The first kappa shape index (κ1) is 16.0. The molecule has 0 aliphatic heterocycles. The first-order valence-corrected chi connectivity index (χ1v) is 9.40. The van der Waals surface area contributed by atoms with Gasteiger partial charge in [-0.15, -0.1) is 0 Å².